The Hall–Kier alpha value is -1.09. The Bertz CT molecular complexity index is 263. The molecular formula is C10H16N2O. The summed E-state index contributed by atoms with van der Waals surface area (Å²) in [6.07, 6.45) is 1.79. The summed E-state index contributed by atoms with van der Waals surface area (Å²) in [5, 5.41) is 0. The monoisotopic (exact) mass is 180 g/mol. The van der Waals surface area contributed by atoms with Gasteiger partial charge in [-0.15, -0.1) is 0 Å². The number of ether oxygens (including phenoxy) is 1. The third-order valence-electron chi connectivity index (χ3n) is 2.03. The van der Waals surface area contributed by atoms with E-state index in [0.717, 1.165) is 24.5 Å². The van der Waals surface area contributed by atoms with Gasteiger partial charge in [0, 0.05) is 12.7 Å². The molecule has 0 saturated carbocycles. The molecule has 0 saturated heterocycles. The molecule has 0 unspecified atom stereocenters. The fourth-order valence-electron chi connectivity index (χ4n) is 1.10. The average Bonchev–Trinajstić information content (AvgIpc) is 2.18. The van der Waals surface area contributed by atoms with Gasteiger partial charge in [-0.3, -0.25) is 4.98 Å². The van der Waals surface area contributed by atoms with Crippen molar-refractivity contribution in [1.82, 2.24) is 9.88 Å². The van der Waals surface area contributed by atoms with Crippen LogP contribution in [0.15, 0.2) is 18.3 Å². The van der Waals surface area contributed by atoms with Crippen LogP contribution in [-0.4, -0.2) is 30.6 Å². The molecule has 0 spiro atoms. The topological polar surface area (TPSA) is 25.4 Å². The molecule has 72 valence electrons. The quantitative estimate of drug-likeness (QED) is 0.702. The van der Waals surface area contributed by atoms with E-state index in [2.05, 4.69) is 23.9 Å². The van der Waals surface area contributed by atoms with Gasteiger partial charge in [0.25, 0.3) is 0 Å². The van der Waals surface area contributed by atoms with Crippen molar-refractivity contribution in [1.29, 1.82) is 0 Å². The molecule has 0 amide bonds. The minimum atomic E-state index is 0.834. The van der Waals surface area contributed by atoms with Crippen LogP contribution in [-0.2, 0) is 6.54 Å². The molecule has 0 bridgehead atoms. The van der Waals surface area contributed by atoms with E-state index in [1.807, 2.05) is 12.1 Å². The van der Waals surface area contributed by atoms with Crippen LogP contribution in [0.5, 0.6) is 5.75 Å². The lowest BCUT2D eigenvalue weighted by atomic mass is 10.3. The normalized spacial score (nSPS) is 10.5. The predicted octanol–water partition coefficient (Wildman–Crippen LogP) is 1.54. The van der Waals surface area contributed by atoms with Gasteiger partial charge in [0.05, 0.1) is 12.8 Å². The fourth-order valence-corrected chi connectivity index (χ4v) is 1.10. The van der Waals surface area contributed by atoms with Crippen molar-refractivity contribution in [2.24, 2.45) is 0 Å². The Balaban J connectivity index is 2.74. The van der Waals surface area contributed by atoms with Gasteiger partial charge in [-0.1, -0.05) is 6.92 Å². The van der Waals surface area contributed by atoms with E-state index in [1.165, 1.54) is 0 Å². The number of aromatic nitrogens is 1. The molecule has 0 aliphatic rings. The second kappa shape index (κ2) is 4.82. The summed E-state index contributed by atoms with van der Waals surface area (Å²) >= 11 is 0. The molecule has 0 aromatic carbocycles. The summed E-state index contributed by atoms with van der Waals surface area (Å²) < 4.78 is 5.20. The van der Waals surface area contributed by atoms with Crippen molar-refractivity contribution in [2.45, 2.75) is 13.5 Å². The maximum Gasteiger partial charge on any atom is 0.141 e. The number of hydrogen-bond donors (Lipinski definition) is 0. The number of rotatable bonds is 4. The molecule has 0 aliphatic heterocycles. The van der Waals surface area contributed by atoms with Crippen molar-refractivity contribution >= 4 is 0 Å². The smallest absolute Gasteiger partial charge is 0.141 e. The minimum Gasteiger partial charge on any atom is -0.495 e. The van der Waals surface area contributed by atoms with Crippen LogP contribution < -0.4 is 4.74 Å². The summed E-state index contributed by atoms with van der Waals surface area (Å²) in [4.78, 5) is 6.46. The van der Waals surface area contributed by atoms with Gasteiger partial charge in [-0.05, 0) is 25.7 Å². The first kappa shape index (κ1) is 9.99. The van der Waals surface area contributed by atoms with Crippen molar-refractivity contribution < 1.29 is 4.74 Å². The second-order valence-corrected chi connectivity index (χ2v) is 2.98. The first-order valence-corrected chi connectivity index (χ1v) is 4.44. The molecule has 1 heterocycles. The molecule has 13 heavy (non-hydrogen) atoms. The standard InChI is InChI=1S/C10H16N2O/c1-4-12(2)8-9-10(13-3)6-5-7-11-9/h5-7H,4,8H2,1-3H3. The van der Waals surface area contributed by atoms with Crippen LogP contribution in [0.25, 0.3) is 0 Å². The van der Waals surface area contributed by atoms with Crippen molar-refractivity contribution in [3.63, 3.8) is 0 Å². The summed E-state index contributed by atoms with van der Waals surface area (Å²) in [7, 11) is 3.74. The Morgan fingerprint density at radius 3 is 2.92 bits per heavy atom. The van der Waals surface area contributed by atoms with Gasteiger partial charge < -0.3 is 9.64 Å². The molecule has 1 aromatic heterocycles. The molecule has 0 atom stereocenters. The molecule has 3 heteroatoms. The van der Waals surface area contributed by atoms with Gasteiger partial charge >= 0.3 is 0 Å². The lowest BCUT2D eigenvalue weighted by Crippen LogP contribution is -2.18. The zero-order chi connectivity index (χ0) is 9.68. The third-order valence-corrected chi connectivity index (χ3v) is 2.03. The molecule has 0 aliphatic carbocycles. The van der Waals surface area contributed by atoms with Crippen LogP contribution in [0.2, 0.25) is 0 Å². The summed E-state index contributed by atoms with van der Waals surface area (Å²) in [5.74, 6) is 0.864. The Kier molecular flexibility index (Phi) is 3.71. The van der Waals surface area contributed by atoms with Gasteiger partial charge in [0.1, 0.15) is 5.75 Å². The highest BCUT2D eigenvalue weighted by molar-refractivity contribution is 5.26. The van der Waals surface area contributed by atoms with E-state index in [-0.39, 0.29) is 0 Å². The summed E-state index contributed by atoms with van der Waals surface area (Å²) in [5.41, 5.74) is 0.995. The first-order valence-electron chi connectivity index (χ1n) is 4.44. The van der Waals surface area contributed by atoms with Gasteiger partial charge in [-0.25, -0.2) is 0 Å². The molecule has 1 rings (SSSR count). The van der Waals surface area contributed by atoms with E-state index in [1.54, 1.807) is 13.3 Å². The lowest BCUT2D eigenvalue weighted by Gasteiger charge is -2.14. The Morgan fingerprint density at radius 1 is 1.54 bits per heavy atom. The van der Waals surface area contributed by atoms with Gasteiger partial charge in [-0.2, -0.15) is 0 Å². The first-order chi connectivity index (χ1) is 6.27. The van der Waals surface area contributed by atoms with Crippen LogP contribution in [0.3, 0.4) is 0 Å². The van der Waals surface area contributed by atoms with Crippen molar-refractivity contribution in [3.05, 3.63) is 24.0 Å². The summed E-state index contributed by atoms with van der Waals surface area (Å²) in [6, 6.07) is 3.82. The van der Waals surface area contributed by atoms with Crippen LogP contribution in [0.4, 0.5) is 0 Å². The van der Waals surface area contributed by atoms with Crippen LogP contribution in [0.1, 0.15) is 12.6 Å². The van der Waals surface area contributed by atoms with E-state index >= 15 is 0 Å². The largest absolute Gasteiger partial charge is 0.495 e. The third kappa shape index (κ3) is 2.70. The number of hydrogen-bond acceptors (Lipinski definition) is 3. The maximum atomic E-state index is 5.20. The molecule has 0 fully saturated rings. The number of pyridine rings is 1. The Morgan fingerprint density at radius 2 is 2.31 bits per heavy atom. The van der Waals surface area contributed by atoms with E-state index in [9.17, 15) is 0 Å². The van der Waals surface area contributed by atoms with Crippen molar-refractivity contribution in [2.75, 3.05) is 20.7 Å². The zero-order valence-electron chi connectivity index (χ0n) is 8.45. The zero-order valence-corrected chi connectivity index (χ0v) is 8.45. The SMILES string of the molecule is CCN(C)Cc1ncccc1OC. The molecular weight excluding hydrogens is 164 g/mol. The number of nitrogens with zero attached hydrogens (tertiary/aromatic N) is 2. The van der Waals surface area contributed by atoms with E-state index < -0.39 is 0 Å². The Labute approximate surface area is 79.3 Å². The van der Waals surface area contributed by atoms with Crippen molar-refractivity contribution in [3.8, 4) is 5.75 Å². The number of methoxy groups -OCH3 is 1. The fraction of sp³-hybridized carbons (Fsp3) is 0.500. The van der Waals surface area contributed by atoms with Gasteiger partial charge in [0.2, 0.25) is 0 Å². The molecule has 0 N–H and O–H groups in total. The molecule has 1 aromatic rings. The van der Waals surface area contributed by atoms with E-state index in [4.69, 9.17) is 4.74 Å². The van der Waals surface area contributed by atoms with Gasteiger partial charge in [0.15, 0.2) is 0 Å². The average molecular weight is 180 g/mol. The maximum absolute atomic E-state index is 5.20. The van der Waals surface area contributed by atoms with E-state index in [0.29, 0.717) is 0 Å². The predicted molar refractivity (Wildman–Crippen MR) is 52.8 cm³/mol. The lowest BCUT2D eigenvalue weighted by molar-refractivity contribution is 0.327. The summed E-state index contributed by atoms with van der Waals surface area (Å²) in [6.45, 7) is 3.97. The molecule has 3 nitrogen and oxygen atoms in total. The second-order valence-electron chi connectivity index (χ2n) is 2.98. The highest BCUT2D eigenvalue weighted by atomic mass is 16.5. The highest BCUT2D eigenvalue weighted by Gasteiger charge is 2.04. The van der Waals surface area contributed by atoms with Crippen LogP contribution >= 0.6 is 0 Å². The molecule has 0 radical (unpaired) electrons. The van der Waals surface area contributed by atoms with Crippen LogP contribution in [0, 0.1) is 0 Å². The minimum absolute atomic E-state index is 0.834. The highest BCUT2D eigenvalue weighted by Crippen LogP contribution is 2.15.